The second kappa shape index (κ2) is 3.16. The minimum Gasteiger partial charge on any atom is -0.264 e. The van der Waals surface area contributed by atoms with Crippen LogP contribution in [0.5, 0.6) is 0 Å². The van der Waals surface area contributed by atoms with E-state index in [9.17, 15) is 16.8 Å². The summed E-state index contributed by atoms with van der Waals surface area (Å²) < 4.78 is 53.1. The molecule has 0 aromatic carbocycles. The first-order valence-electron chi connectivity index (χ1n) is 4.20. The molecule has 0 N–H and O–H groups in total. The van der Waals surface area contributed by atoms with E-state index in [2.05, 4.69) is 0 Å². The standard InChI is InChI=1S/C6H10O6S2/c7-13(8)3-1-5(11-13)6-2-4-14(9,10)12-6/h5-6H,1-4H2. The molecule has 0 spiro atoms. The van der Waals surface area contributed by atoms with Crippen molar-refractivity contribution in [3.05, 3.63) is 0 Å². The molecule has 2 aliphatic heterocycles. The largest absolute Gasteiger partial charge is 0.267 e. The van der Waals surface area contributed by atoms with Gasteiger partial charge in [0.1, 0.15) is 12.2 Å². The molecule has 2 atom stereocenters. The van der Waals surface area contributed by atoms with Crippen molar-refractivity contribution < 1.29 is 25.2 Å². The summed E-state index contributed by atoms with van der Waals surface area (Å²) in [6.45, 7) is 0. The molecule has 0 saturated carbocycles. The molecule has 8 heteroatoms. The van der Waals surface area contributed by atoms with Crippen LogP contribution >= 0.6 is 0 Å². The van der Waals surface area contributed by atoms with Gasteiger partial charge >= 0.3 is 0 Å². The van der Waals surface area contributed by atoms with E-state index in [1.807, 2.05) is 0 Å². The first-order valence-corrected chi connectivity index (χ1v) is 7.35. The van der Waals surface area contributed by atoms with Gasteiger partial charge in [-0.25, -0.2) is 0 Å². The van der Waals surface area contributed by atoms with Gasteiger partial charge in [-0.2, -0.15) is 16.8 Å². The van der Waals surface area contributed by atoms with Gasteiger partial charge in [0.05, 0.1) is 11.5 Å². The molecule has 0 aliphatic carbocycles. The monoisotopic (exact) mass is 242 g/mol. The topological polar surface area (TPSA) is 86.7 Å². The van der Waals surface area contributed by atoms with Gasteiger partial charge in [-0.1, -0.05) is 0 Å². The molecule has 2 fully saturated rings. The van der Waals surface area contributed by atoms with Gasteiger partial charge in [0.2, 0.25) is 0 Å². The molecule has 6 nitrogen and oxygen atoms in total. The van der Waals surface area contributed by atoms with E-state index in [4.69, 9.17) is 8.37 Å². The summed E-state index contributed by atoms with van der Waals surface area (Å²) in [6.07, 6.45) is -0.639. The highest BCUT2D eigenvalue weighted by Crippen LogP contribution is 2.27. The molecule has 0 bridgehead atoms. The zero-order valence-corrected chi connectivity index (χ0v) is 8.88. The Kier molecular flexibility index (Phi) is 2.33. The van der Waals surface area contributed by atoms with Gasteiger partial charge in [-0.05, 0) is 12.8 Å². The van der Waals surface area contributed by atoms with Crippen molar-refractivity contribution in [3.8, 4) is 0 Å². The van der Waals surface area contributed by atoms with Crippen LogP contribution < -0.4 is 0 Å². The Bertz CT molecular complexity index is 379. The van der Waals surface area contributed by atoms with Crippen molar-refractivity contribution in [1.82, 2.24) is 0 Å². The molecular weight excluding hydrogens is 232 g/mol. The quantitative estimate of drug-likeness (QED) is 0.561. The van der Waals surface area contributed by atoms with Crippen LogP contribution in [-0.2, 0) is 28.6 Å². The highest BCUT2D eigenvalue weighted by atomic mass is 32.2. The van der Waals surface area contributed by atoms with Crippen molar-refractivity contribution in [2.75, 3.05) is 11.5 Å². The van der Waals surface area contributed by atoms with E-state index in [1.165, 1.54) is 0 Å². The predicted molar refractivity (Wildman–Crippen MR) is 46.6 cm³/mol. The molecule has 14 heavy (non-hydrogen) atoms. The summed E-state index contributed by atoms with van der Waals surface area (Å²) >= 11 is 0. The van der Waals surface area contributed by atoms with Crippen molar-refractivity contribution >= 4 is 20.2 Å². The van der Waals surface area contributed by atoms with E-state index in [1.54, 1.807) is 0 Å². The maximum atomic E-state index is 10.9. The number of rotatable bonds is 1. The third-order valence-electron chi connectivity index (χ3n) is 2.26. The minimum absolute atomic E-state index is 0.0580. The molecule has 0 radical (unpaired) electrons. The summed E-state index contributed by atoms with van der Waals surface area (Å²) in [5, 5.41) is 0. The Balaban J connectivity index is 2.06. The summed E-state index contributed by atoms with van der Waals surface area (Å²) in [6, 6.07) is 0. The third-order valence-corrected chi connectivity index (χ3v) is 4.81. The number of hydrogen-bond donors (Lipinski definition) is 0. The highest BCUT2D eigenvalue weighted by Gasteiger charge is 2.41. The van der Waals surface area contributed by atoms with Gasteiger partial charge in [0.25, 0.3) is 20.2 Å². The Morgan fingerprint density at radius 3 is 1.36 bits per heavy atom. The maximum Gasteiger partial charge on any atom is 0.267 e. The van der Waals surface area contributed by atoms with Gasteiger partial charge in [-0.15, -0.1) is 0 Å². The predicted octanol–water partition coefficient (Wildman–Crippen LogP) is -0.776. The second-order valence-corrected chi connectivity index (χ2v) is 6.80. The molecule has 2 rings (SSSR count). The lowest BCUT2D eigenvalue weighted by molar-refractivity contribution is 0.0875. The third kappa shape index (κ3) is 2.08. The molecule has 0 aromatic heterocycles. The van der Waals surface area contributed by atoms with Crippen LogP contribution in [0.25, 0.3) is 0 Å². The van der Waals surface area contributed by atoms with Crippen molar-refractivity contribution in [2.45, 2.75) is 25.0 Å². The molecular formula is C6H10O6S2. The van der Waals surface area contributed by atoms with Crippen LogP contribution in [0.3, 0.4) is 0 Å². The zero-order chi connectivity index (χ0) is 10.4. The van der Waals surface area contributed by atoms with Crippen molar-refractivity contribution in [3.63, 3.8) is 0 Å². The van der Waals surface area contributed by atoms with Gasteiger partial charge in [0, 0.05) is 0 Å². The molecule has 0 aromatic rings. The summed E-state index contributed by atoms with van der Waals surface area (Å²) in [4.78, 5) is 0. The lowest BCUT2D eigenvalue weighted by Gasteiger charge is -2.12. The lowest BCUT2D eigenvalue weighted by atomic mass is 10.1. The van der Waals surface area contributed by atoms with E-state index in [0.29, 0.717) is 12.8 Å². The molecule has 2 aliphatic rings. The highest BCUT2D eigenvalue weighted by molar-refractivity contribution is 7.87. The normalized spacial score (nSPS) is 40.0. The SMILES string of the molecule is O=S1(=O)CCC(C2CCS(=O)(=O)O2)O1. The smallest absolute Gasteiger partial charge is 0.264 e. The van der Waals surface area contributed by atoms with Crippen LogP contribution in [-0.4, -0.2) is 40.5 Å². The van der Waals surface area contributed by atoms with Crippen LogP contribution in [0.1, 0.15) is 12.8 Å². The second-order valence-electron chi connectivity index (χ2n) is 3.37. The number of hydrogen-bond acceptors (Lipinski definition) is 6. The molecule has 2 saturated heterocycles. The van der Waals surface area contributed by atoms with Gasteiger partial charge in [-0.3, -0.25) is 8.37 Å². The minimum atomic E-state index is -3.44. The Labute approximate surface area is 82.4 Å². The first-order chi connectivity index (χ1) is 6.38. The van der Waals surface area contributed by atoms with E-state index < -0.39 is 32.4 Å². The molecule has 2 unspecified atom stereocenters. The van der Waals surface area contributed by atoms with Gasteiger partial charge in [0.15, 0.2) is 0 Å². The van der Waals surface area contributed by atoms with Crippen LogP contribution in [0.15, 0.2) is 0 Å². The molecule has 2 heterocycles. The fourth-order valence-corrected chi connectivity index (χ4v) is 4.01. The van der Waals surface area contributed by atoms with Crippen LogP contribution in [0.2, 0.25) is 0 Å². The van der Waals surface area contributed by atoms with Gasteiger partial charge < -0.3 is 0 Å². The summed E-state index contributed by atoms with van der Waals surface area (Å²) in [5.41, 5.74) is 0. The van der Waals surface area contributed by atoms with Crippen molar-refractivity contribution in [2.24, 2.45) is 0 Å². The Hall–Kier alpha value is -0.180. The van der Waals surface area contributed by atoms with E-state index in [0.717, 1.165) is 0 Å². The summed E-state index contributed by atoms with van der Waals surface area (Å²) in [7, 11) is -6.89. The first kappa shape index (κ1) is 10.3. The average molecular weight is 242 g/mol. The van der Waals surface area contributed by atoms with E-state index >= 15 is 0 Å². The molecule has 0 amide bonds. The summed E-state index contributed by atoms with van der Waals surface area (Å²) in [5.74, 6) is -0.116. The fraction of sp³-hybridized carbons (Fsp3) is 1.00. The molecule has 82 valence electrons. The van der Waals surface area contributed by atoms with E-state index in [-0.39, 0.29) is 11.5 Å². The van der Waals surface area contributed by atoms with Crippen molar-refractivity contribution in [1.29, 1.82) is 0 Å². The lowest BCUT2D eigenvalue weighted by Crippen LogP contribution is -2.25. The Morgan fingerprint density at radius 2 is 1.14 bits per heavy atom. The zero-order valence-electron chi connectivity index (χ0n) is 7.25. The van der Waals surface area contributed by atoms with Crippen LogP contribution in [0, 0.1) is 0 Å². The van der Waals surface area contributed by atoms with Crippen LogP contribution in [0.4, 0.5) is 0 Å². The average Bonchev–Trinajstić information content (AvgIpc) is 2.54. The fourth-order valence-electron chi connectivity index (χ4n) is 1.59. The maximum absolute atomic E-state index is 10.9. The Morgan fingerprint density at radius 1 is 0.786 bits per heavy atom.